The first kappa shape index (κ1) is 13.5. The average molecular weight is 300 g/mol. The van der Waals surface area contributed by atoms with Crippen molar-refractivity contribution in [2.24, 2.45) is 16.8 Å². The van der Waals surface area contributed by atoms with E-state index in [1.54, 1.807) is 13.0 Å². The van der Waals surface area contributed by atoms with Crippen molar-refractivity contribution in [3.63, 3.8) is 0 Å². The number of nitrogens with two attached hydrogens (primary N) is 1. The molecule has 0 aliphatic carbocycles. The van der Waals surface area contributed by atoms with Crippen LogP contribution in [0.15, 0.2) is 27.8 Å². The number of nitrogens with one attached hydrogen (secondary N) is 1. The fourth-order valence-electron chi connectivity index (χ4n) is 1.19. The van der Waals surface area contributed by atoms with Gasteiger partial charge in [0.1, 0.15) is 0 Å². The maximum absolute atomic E-state index is 11.7. The van der Waals surface area contributed by atoms with E-state index in [0.717, 1.165) is 10.0 Å². The third-order valence-electron chi connectivity index (χ3n) is 2.38. The van der Waals surface area contributed by atoms with Crippen molar-refractivity contribution in [2.45, 2.75) is 13.8 Å². The molecule has 0 aliphatic rings. The molecule has 6 heteroatoms. The lowest BCUT2D eigenvalue weighted by molar-refractivity contribution is -0.117. The number of amidine groups is 1. The SMILES string of the molecule is Cc1cc(NC(=O)C(C)/C(N)=N/O)ccc1Br. The quantitative estimate of drug-likeness (QED) is 0.345. The Morgan fingerprint density at radius 3 is 2.76 bits per heavy atom. The van der Waals surface area contributed by atoms with E-state index in [4.69, 9.17) is 10.9 Å². The highest BCUT2D eigenvalue weighted by Crippen LogP contribution is 2.20. The van der Waals surface area contributed by atoms with Gasteiger partial charge in [-0.3, -0.25) is 4.79 Å². The van der Waals surface area contributed by atoms with Crippen molar-refractivity contribution in [2.75, 3.05) is 5.32 Å². The molecular weight excluding hydrogens is 286 g/mol. The van der Waals surface area contributed by atoms with Crippen molar-refractivity contribution in [1.29, 1.82) is 0 Å². The first-order valence-electron chi connectivity index (χ1n) is 5.00. The molecule has 1 rings (SSSR count). The molecule has 0 aliphatic heterocycles. The van der Waals surface area contributed by atoms with Gasteiger partial charge in [0.15, 0.2) is 5.84 Å². The largest absolute Gasteiger partial charge is 0.409 e. The van der Waals surface area contributed by atoms with Gasteiger partial charge in [-0.2, -0.15) is 0 Å². The molecule has 0 fully saturated rings. The Morgan fingerprint density at radius 1 is 1.59 bits per heavy atom. The van der Waals surface area contributed by atoms with Gasteiger partial charge in [0.25, 0.3) is 0 Å². The number of benzene rings is 1. The Labute approximate surface area is 108 Å². The van der Waals surface area contributed by atoms with Gasteiger partial charge in [-0.1, -0.05) is 21.1 Å². The van der Waals surface area contributed by atoms with Crippen molar-refractivity contribution in [3.8, 4) is 0 Å². The van der Waals surface area contributed by atoms with Crippen LogP contribution in [0.3, 0.4) is 0 Å². The lowest BCUT2D eigenvalue weighted by Crippen LogP contribution is -2.32. The maximum Gasteiger partial charge on any atom is 0.234 e. The molecule has 4 N–H and O–H groups in total. The predicted octanol–water partition coefficient (Wildman–Crippen LogP) is 2.08. The number of halogens is 1. The van der Waals surface area contributed by atoms with Crippen LogP contribution < -0.4 is 11.1 Å². The topological polar surface area (TPSA) is 87.7 Å². The zero-order chi connectivity index (χ0) is 13.0. The number of carbonyl (C=O) groups excluding carboxylic acids is 1. The smallest absolute Gasteiger partial charge is 0.234 e. The van der Waals surface area contributed by atoms with Gasteiger partial charge < -0.3 is 16.3 Å². The lowest BCUT2D eigenvalue weighted by atomic mass is 10.1. The average Bonchev–Trinajstić information content (AvgIpc) is 2.31. The van der Waals surface area contributed by atoms with Gasteiger partial charge in [0, 0.05) is 10.2 Å². The number of carbonyl (C=O) groups is 1. The molecule has 0 heterocycles. The molecule has 1 amide bonds. The first-order chi connectivity index (χ1) is 7.95. The van der Waals surface area contributed by atoms with E-state index in [0.29, 0.717) is 5.69 Å². The number of hydrogen-bond donors (Lipinski definition) is 3. The summed E-state index contributed by atoms with van der Waals surface area (Å²) < 4.78 is 0.972. The summed E-state index contributed by atoms with van der Waals surface area (Å²) in [5, 5.41) is 14.0. The highest BCUT2D eigenvalue weighted by atomic mass is 79.9. The van der Waals surface area contributed by atoms with Gasteiger partial charge in [0.2, 0.25) is 5.91 Å². The summed E-state index contributed by atoms with van der Waals surface area (Å²) in [6, 6.07) is 5.45. The fourth-order valence-corrected chi connectivity index (χ4v) is 1.44. The molecule has 0 radical (unpaired) electrons. The summed E-state index contributed by atoms with van der Waals surface area (Å²) in [6.45, 7) is 3.49. The lowest BCUT2D eigenvalue weighted by Gasteiger charge is -2.11. The molecule has 17 heavy (non-hydrogen) atoms. The van der Waals surface area contributed by atoms with Crippen molar-refractivity contribution in [1.82, 2.24) is 0 Å². The van der Waals surface area contributed by atoms with E-state index in [1.165, 1.54) is 0 Å². The molecule has 1 aromatic rings. The van der Waals surface area contributed by atoms with E-state index >= 15 is 0 Å². The summed E-state index contributed by atoms with van der Waals surface area (Å²) in [5.74, 6) is -1.11. The summed E-state index contributed by atoms with van der Waals surface area (Å²) in [7, 11) is 0. The molecule has 1 atom stereocenters. The number of rotatable bonds is 3. The van der Waals surface area contributed by atoms with Gasteiger partial charge in [0.05, 0.1) is 5.92 Å². The molecule has 1 aromatic carbocycles. The molecule has 0 saturated carbocycles. The van der Waals surface area contributed by atoms with Crippen LogP contribution in [-0.2, 0) is 4.79 Å². The number of oxime groups is 1. The van der Waals surface area contributed by atoms with E-state index in [-0.39, 0.29) is 11.7 Å². The number of amides is 1. The van der Waals surface area contributed by atoms with Crippen LogP contribution in [0, 0.1) is 12.8 Å². The fraction of sp³-hybridized carbons (Fsp3) is 0.273. The van der Waals surface area contributed by atoms with E-state index in [2.05, 4.69) is 26.4 Å². The third kappa shape index (κ3) is 3.45. The van der Waals surface area contributed by atoms with E-state index in [9.17, 15) is 4.79 Å². The highest BCUT2D eigenvalue weighted by Gasteiger charge is 2.17. The zero-order valence-corrected chi connectivity index (χ0v) is 11.2. The summed E-state index contributed by atoms with van der Waals surface area (Å²) >= 11 is 3.37. The summed E-state index contributed by atoms with van der Waals surface area (Å²) in [5.41, 5.74) is 7.04. The first-order valence-corrected chi connectivity index (χ1v) is 5.79. The Balaban J connectivity index is 2.78. The van der Waals surface area contributed by atoms with Crippen molar-refractivity contribution in [3.05, 3.63) is 28.2 Å². The number of hydrogen-bond acceptors (Lipinski definition) is 3. The minimum Gasteiger partial charge on any atom is -0.409 e. The van der Waals surface area contributed by atoms with Crippen LogP contribution in [0.5, 0.6) is 0 Å². The van der Waals surface area contributed by atoms with Crippen LogP contribution in [0.25, 0.3) is 0 Å². The van der Waals surface area contributed by atoms with Crippen LogP contribution in [0.1, 0.15) is 12.5 Å². The minimum atomic E-state index is -0.677. The van der Waals surface area contributed by atoms with Crippen LogP contribution in [0.2, 0.25) is 0 Å². The summed E-state index contributed by atoms with van der Waals surface area (Å²) in [6.07, 6.45) is 0. The molecule has 0 aromatic heterocycles. The Morgan fingerprint density at radius 2 is 2.24 bits per heavy atom. The molecule has 0 bridgehead atoms. The van der Waals surface area contributed by atoms with Gasteiger partial charge in [-0.25, -0.2) is 0 Å². The Hall–Kier alpha value is -1.56. The molecule has 0 saturated heterocycles. The van der Waals surface area contributed by atoms with E-state index < -0.39 is 5.92 Å². The summed E-state index contributed by atoms with van der Waals surface area (Å²) in [4.78, 5) is 11.7. The second kappa shape index (κ2) is 5.67. The molecule has 0 spiro atoms. The molecule has 1 unspecified atom stereocenters. The zero-order valence-electron chi connectivity index (χ0n) is 9.57. The number of nitrogens with zero attached hydrogens (tertiary/aromatic N) is 1. The standard InChI is InChI=1S/C11H14BrN3O2/c1-6-5-8(3-4-9(6)12)14-11(16)7(2)10(13)15-17/h3-5,7,17H,1-2H3,(H2,13,15)(H,14,16). The van der Waals surface area contributed by atoms with Crippen LogP contribution >= 0.6 is 15.9 Å². The van der Waals surface area contributed by atoms with E-state index in [1.807, 2.05) is 19.1 Å². The molecule has 92 valence electrons. The number of aryl methyl sites for hydroxylation is 1. The van der Waals surface area contributed by atoms with Crippen LogP contribution in [-0.4, -0.2) is 17.0 Å². The third-order valence-corrected chi connectivity index (χ3v) is 3.27. The van der Waals surface area contributed by atoms with Crippen molar-refractivity contribution >= 4 is 33.4 Å². The highest BCUT2D eigenvalue weighted by molar-refractivity contribution is 9.10. The normalized spacial score (nSPS) is 13.2. The minimum absolute atomic E-state index is 0.115. The predicted molar refractivity (Wildman–Crippen MR) is 70.1 cm³/mol. The van der Waals surface area contributed by atoms with Crippen LogP contribution in [0.4, 0.5) is 5.69 Å². The van der Waals surface area contributed by atoms with Gasteiger partial charge in [-0.05, 0) is 37.6 Å². The van der Waals surface area contributed by atoms with Gasteiger partial charge >= 0.3 is 0 Å². The van der Waals surface area contributed by atoms with Crippen molar-refractivity contribution < 1.29 is 10.0 Å². The van der Waals surface area contributed by atoms with Gasteiger partial charge in [-0.15, -0.1) is 0 Å². The Kier molecular flexibility index (Phi) is 4.51. The Bertz CT molecular complexity index is 460. The molecule has 5 nitrogen and oxygen atoms in total. The second-order valence-electron chi connectivity index (χ2n) is 3.70. The molecular formula is C11H14BrN3O2. The number of anilines is 1. The monoisotopic (exact) mass is 299 g/mol. The maximum atomic E-state index is 11.7. The second-order valence-corrected chi connectivity index (χ2v) is 4.55.